The fraction of sp³-hybridized carbons (Fsp3) is 0.0588. The van der Waals surface area contributed by atoms with Crippen LogP contribution in [0.2, 0.25) is 0 Å². The van der Waals surface area contributed by atoms with Crippen LogP contribution in [0.1, 0.15) is 16.2 Å². The summed E-state index contributed by atoms with van der Waals surface area (Å²) in [7, 11) is 0. The summed E-state index contributed by atoms with van der Waals surface area (Å²) >= 11 is 0. The summed E-state index contributed by atoms with van der Waals surface area (Å²) in [5.41, 5.74) is 2.75. The molecular weight excluding hydrogens is 332 g/mol. The van der Waals surface area contributed by atoms with E-state index in [0.29, 0.717) is 17.1 Å². The van der Waals surface area contributed by atoms with Crippen LogP contribution in [-0.4, -0.2) is 40.9 Å². The van der Waals surface area contributed by atoms with Crippen molar-refractivity contribution in [2.45, 2.75) is 6.92 Å². The molecule has 1 N–H and O–H groups in total. The number of hydrogen-bond donors (Lipinski definition) is 1. The average Bonchev–Trinajstić information content (AvgIpc) is 3.34. The monoisotopic (exact) mass is 346 g/mol. The second-order valence-electron chi connectivity index (χ2n) is 5.56. The second-order valence-corrected chi connectivity index (χ2v) is 5.56. The van der Waals surface area contributed by atoms with Crippen LogP contribution in [0.5, 0.6) is 0 Å². The molecule has 0 atom stereocenters. The minimum absolute atomic E-state index is 0.217. The molecular formula is C17H14N8O. The van der Waals surface area contributed by atoms with Gasteiger partial charge in [-0.25, -0.2) is 0 Å². The second kappa shape index (κ2) is 6.55. The van der Waals surface area contributed by atoms with Gasteiger partial charge in [0.2, 0.25) is 0 Å². The van der Waals surface area contributed by atoms with Gasteiger partial charge >= 0.3 is 0 Å². The Hall–Kier alpha value is -3.88. The number of benzene rings is 2. The minimum atomic E-state index is -0.217. The highest BCUT2D eigenvalue weighted by Crippen LogP contribution is 2.17. The number of tetrazole rings is 1. The Balaban J connectivity index is 1.57. The molecule has 128 valence electrons. The minimum Gasteiger partial charge on any atom is -0.322 e. The quantitative estimate of drug-likeness (QED) is 0.604. The molecule has 0 unspecified atom stereocenters. The highest BCUT2D eigenvalue weighted by Gasteiger charge is 2.09. The zero-order valence-corrected chi connectivity index (χ0v) is 13.8. The first-order chi connectivity index (χ1) is 12.7. The summed E-state index contributed by atoms with van der Waals surface area (Å²) in [6.45, 7) is 1.81. The maximum absolute atomic E-state index is 12.6. The van der Waals surface area contributed by atoms with Crippen molar-refractivity contribution < 1.29 is 4.79 Å². The highest BCUT2D eigenvalue weighted by molar-refractivity contribution is 6.04. The molecule has 0 fully saturated rings. The molecule has 0 aliphatic heterocycles. The SMILES string of the molecule is Cc1nnnn1-c1cccc(NC(=O)c2cccc(-n3cnnc3)c2)c1. The molecule has 0 spiro atoms. The number of rotatable bonds is 4. The van der Waals surface area contributed by atoms with E-state index in [9.17, 15) is 4.79 Å². The zero-order chi connectivity index (χ0) is 17.9. The van der Waals surface area contributed by atoms with Crippen molar-refractivity contribution in [2.24, 2.45) is 0 Å². The number of aryl methyl sites for hydroxylation is 1. The smallest absolute Gasteiger partial charge is 0.255 e. The largest absolute Gasteiger partial charge is 0.322 e. The fourth-order valence-corrected chi connectivity index (χ4v) is 2.53. The van der Waals surface area contributed by atoms with E-state index in [1.165, 1.54) is 0 Å². The molecule has 0 bridgehead atoms. The molecule has 1 amide bonds. The Labute approximate surface area is 148 Å². The lowest BCUT2D eigenvalue weighted by atomic mass is 10.1. The van der Waals surface area contributed by atoms with Gasteiger partial charge in [-0.2, -0.15) is 4.68 Å². The number of amides is 1. The molecule has 0 radical (unpaired) electrons. The third-order valence-electron chi connectivity index (χ3n) is 3.80. The molecule has 9 nitrogen and oxygen atoms in total. The summed E-state index contributed by atoms with van der Waals surface area (Å²) < 4.78 is 3.33. The van der Waals surface area contributed by atoms with E-state index >= 15 is 0 Å². The maximum Gasteiger partial charge on any atom is 0.255 e. The molecule has 9 heteroatoms. The molecule has 0 saturated carbocycles. The van der Waals surface area contributed by atoms with E-state index in [2.05, 4.69) is 31.0 Å². The van der Waals surface area contributed by atoms with Crippen molar-refractivity contribution in [3.8, 4) is 11.4 Å². The van der Waals surface area contributed by atoms with Crippen LogP contribution in [0.3, 0.4) is 0 Å². The third kappa shape index (κ3) is 3.05. The van der Waals surface area contributed by atoms with Gasteiger partial charge in [-0.05, 0) is 53.7 Å². The zero-order valence-electron chi connectivity index (χ0n) is 13.8. The highest BCUT2D eigenvalue weighted by atomic mass is 16.1. The summed E-state index contributed by atoms with van der Waals surface area (Å²) in [5.74, 6) is 0.445. The Bertz CT molecular complexity index is 1050. The van der Waals surface area contributed by atoms with Crippen LogP contribution in [0.15, 0.2) is 61.2 Å². The van der Waals surface area contributed by atoms with Gasteiger partial charge in [0.15, 0.2) is 5.82 Å². The predicted molar refractivity (Wildman–Crippen MR) is 93.2 cm³/mol. The number of hydrogen-bond acceptors (Lipinski definition) is 6. The predicted octanol–water partition coefficient (Wildman–Crippen LogP) is 1.80. The maximum atomic E-state index is 12.6. The molecule has 2 aromatic carbocycles. The lowest BCUT2D eigenvalue weighted by Gasteiger charge is -2.09. The van der Waals surface area contributed by atoms with Gasteiger partial charge in [0, 0.05) is 16.9 Å². The summed E-state index contributed by atoms with van der Waals surface area (Å²) in [4.78, 5) is 12.6. The van der Waals surface area contributed by atoms with Crippen LogP contribution in [0.4, 0.5) is 5.69 Å². The molecule has 2 aromatic heterocycles. The van der Waals surface area contributed by atoms with Crippen molar-refractivity contribution in [2.75, 3.05) is 5.32 Å². The molecule has 26 heavy (non-hydrogen) atoms. The lowest BCUT2D eigenvalue weighted by molar-refractivity contribution is 0.102. The van der Waals surface area contributed by atoms with E-state index in [-0.39, 0.29) is 5.91 Å². The van der Waals surface area contributed by atoms with E-state index < -0.39 is 0 Å². The summed E-state index contributed by atoms with van der Waals surface area (Å²) in [6, 6.07) is 14.5. The van der Waals surface area contributed by atoms with Crippen molar-refractivity contribution >= 4 is 11.6 Å². The molecule has 4 aromatic rings. The van der Waals surface area contributed by atoms with Gasteiger partial charge in [0.1, 0.15) is 12.7 Å². The van der Waals surface area contributed by atoms with Crippen molar-refractivity contribution in [3.63, 3.8) is 0 Å². The topological polar surface area (TPSA) is 103 Å². The van der Waals surface area contributed by atoms with Crippen LogP contribution in [0.25, 0.3) is 11.4 Å². The fourth-order valence-electron chi connectivity index (χ4n) is 2.53. The number of anilines is 1. The summed E-state index contributed by atoms with van der Waals surface area (Å²) in [6.07, 6.45) is 3.16. The van der Waals surface area contributed by atoms with Gasteiger partial charge in [-0.15, -0.1) is 15.3 Å². The van der Waals surface area contributed by atoms with Crippen molar-refractivity contribution in [1.29, 1.82) is 0 Å². The van der Waals surface area contributed by atoms with E-state index in [1.807, 2.05) is 43.3 Å². The van der Waals surface area contributed by atoms with E-state index in [1.54, 1.807) is 34.0 Å². The van der Waals surface area contributed by atoms with Gasteiger partial charge in [0.05, 0.1) is 5.69 Å². The number of aromatic nitrogens is 7. The van der Waals surface area contributed by atoms with Gasteiger partial charge in [-0.3, -0.25) is 9.36 Å². The van der Waals surface area contributed by atoms with Crippen LogP contribution < -0.4 is 5.32 Å². The number of nitrogens with zero attached hydrogens (tertiary/aromatic N) is 7. The van der Waals surface area contributed by atoms with Gasteiger partial charge < -0.3 is 5.32 Å². The normalized spacial score (nSPS) is 10.7. The van der Waals surface area contributed by atoms with E-state index in [0.717, 1.165) is 11.4 Å². The van der Waals surface area contributed by atoms with Gasteiger partial charge in [0.25, 0.3) is 5.91 Å². The molecule has 0 saturated heterocycles. The average molecular weight is 346 g/mol. The molecule has 2 heterocycles. The van der Waals surface area contributed by atoms with Crippen LogP contribution in [0, 0.1) is 6.92 Å². The standard InChI is InChI=1S/C17H14N8O/c1-12-21-22-23-25(12)16-7-3-5-14(9-16)20-17(26)13-4-2-6-15(8-13)24-10-18-19-11-24/h2-11H,1H3,(H,20,26). The number of carbonyl (C=O) groups is 1. The Morgan fingerprint density at radius 3 is 2.54 bits per heavy atom. The van der Waals surface area contributed by atoms with Gasteiger partial charge in [-0.1, -0.05) is 12.1 Å². The Kier molecular flexibility index (Phi) is 3.94. The van der Waals surface area contributed by atoms with E-state index in [4.69, 9.17) is 0 Å². The lowest BCUT2D eigenvalue weighted by Crippen LogP contribution is -2.12. The summed E-state index contributed by atoms with van der Waals surface area (Å²) in [5, 5.41) is 21.9. The Morgan fingerprint density at radius 1 is 1.00 bits per heavy atom. The first-order valence-electron chi connectivity index (χ1n) is 7.82. The van der Waals surface area contributed by atoms with Crippen molar-refractivity contribution in [1.82, 2.24) is 35.0 Å². The first kappa shape index (κ1) is 15.6. The van der Waals surface area contributed by atoms with Crippen LogP contribution >= 0.6 is 0 Å². The molecule has 0 aliphatic carbocycles. The number of nitrogens with one attached hydrogen (secondary N) is 1. The number of carbonyl (C=O) groups excluding carboxylic acids is 1. The third-order valence-corrected chi connectivity index (χ3v) is 3.80. The first-order valence-corrected chi connectivity index (χ1v) is 7.82. The van der Waals surface area contributed by atoms with Crippen LogP contribution in [-0.2, 0) is 0 Å². The Morgan fingerprint density at radius 2 is 1.77 bits per heavy atom. The molecule has 4 rings (SSSR count). The molecule has 0 aliphatic rings. The van der Waals surface area contributed by atoms with Crippen molar-refractivity contribution in [3.05, 3.63) is 72.6 Å².